The van der Waals surface area contributed by atoms with E-state index in [1.165, 1.54) is 32.1 Å². The Labute approximate surface area is 91.9 Å². The first kappa shape index (κ1) is 12.0. The summed E-state index contributed by atoms with van der Waals surface area (Å²) in [7, 11) is 0. The van der Waals surface area contributed by atoms with Crippen LogP contribution in [0.25, 0.3) is 0 Å². The Kier molecular flexibility index (Phi) is 6.54. The average molecular weight is 208 g/mol. The van der Waals surface area contributed by atoms with Gasteiger partial charge in [-0.05, 0) is 6.42 Å². The fraction of sp³-hybridized carbons (Fsp3) is 0.667. The van der Waals surface area contributed by atoms with Crippen molar-refractivity contribution in [2.75, 3.05) is 6.61 Å². The quantitative estimate of drug-likeness (QED) is 0.615. The van der Waals surface area contributed by atoms with Gasteiger partial charge in [0.15, 0.2) is 0 Å². The van der Waals surface area contributed by atoms with E-state index in [1.807, 2.05) is 0 Å². The lowest BCUT2D eigenvalue weighted by Gasteiger charge is -2.03. The Morgan fingerprint density at radius 1 is 1.07 bits per heavy atom. The van der Waals surface area contributed by atoms with Crippen LogP contribution in [-0.2, 0) is 0 Å². The highest BCUT2D eigenvalue weighted by atomic mass is 16.5. The maximum Gasteiger partial charge on any atom is 0.232 e. The summed E-state index contributed by atoms with van der Waals surface area (Å²) in [5, 5.41) is 0. The normalized spacial score (nSPS) is 10.2. The molecular formula is C12H20N2O. The molecule has 0 aliphatic carbocycles. The zero-order valence-corrected chi connectivity index (χ0v) is 9.48. The maximum atomic E-state index is 5.44. The standard InChI is InChI=1S/C12H20N2O/c1-2-3-4-5-6-7-10-15-12-11-13-8-9-14-12/h8-9,11H,2-7,10H2,1H3. The Morgan fingerprint density at radius 2 is 1.87 bits per heavy atom. The third-order valence-corrected chi connectivity index (χ3v) is 2.29. The molecule has 84 valence electrons. The number of nitrogens with zero attached hydrogens (tertiary/aromatic N) is 2. The summed E-state index contributed by atoms with van der Waals surface area (Å²) < 4.78 is 5.44. The van der Waals surface area contributed by atoms with E-state index in [0.717, 1.165) is 13.0 Å². The van der Waals surface area contributed by atoms with Crippen molar-refractivity contribution >= 4 is 0 Å². The van der Waals surface area contributed by atoms with E-state index in [-0.39, 0.29) is 0 Å². The molecule has 1 rings (SSSR count). The Morgan fingerprint density at radius 3 is 2.60 bits per heavy atom. The molecule has 1 heterocycles. The number of aromatic nitrogens is 2. The third-order valence-electron chi connectivity index (χ3n) is 2.29. The van der Waals surface area contributed by atoms with Crippen molar-refractivity contribution in [2.45, 2.75) is 45.4 Å². The number of unbranched alkanes of at least 4 members (excludes halogenated alkanes) is 5. The highest BCUT2D eigenvalue weighted by Gasteiger charge is 1.94. The van der Waals surface area contributed by atoms with Crippen LogP contribution >= 0.6 is 0 Å². The average Bonchev–Trinajstić information content (AvgIpc) is 2.29. The van der Waals surface area contributed by atoms with Gasteiger partial charge in [0.25, 0.3) is 0 Å². The summed E-state index contributed by atoms with van der Waals surface area (Å²) >= 11 is 0. The number of ether oxygens (including phenoxy) is 1. The van der Waals surface area contributed by atoms with Crippen molar-refractivity contribution < 1.29 is 4.74 Å². The van der Waals surface area contributed by atoms with Gasteiger partial charge in [0.1, 0.15) is 0 Å². The number of hydrogen-bond donors (Lipinski definition) is 0. The van der Waals surface area contributed by atoms with Crippen molar-refractivity contribution in [3.8, 4) is 5.88 Å². The van der Waals surface area contributed by atoms with Gasteiger partial charge in [-0.25, -0.2) is 4.98 Å². The molecule has 0 bridgehead atoms. The van der Waals surface area contributed by atoms with E-state index in [9.17, 15) is 0 Å². The van der Waals surface area contributed by atoms with Gasteiger partial charge in [-0.3, -0.25) is 4.98 Å². The predicted molar refractivity (Wildman–Crippen MR) is 60.9 cm³/mol. The molecule has 1 aromatic rings. The van der Waals surface area contributed by atoms with Crippen molar-refractivity contribution in [3.05, 3.63) is 18.6 Å². The molecule has 0 amide bonds. The van der Waals surface area contributed by atoms with E-state index >= 15 is 0 Å². The molecular weight excluding hydrogens is 188 g/mol. The van der Waals surface area contributed by atoms with E-state index in [4.69, 9.17) is 4.74 Å². The number of rotatable bonds is 8. The van der Waals surface area contributed by atoms with Gasteiger partial charge in [0.2, 0.25) is 5.88 Å². The topological polar surface area (TPSA) is 35.0 Å². The van der Waals surface area contributed by atoms with Crippen LogP contribution in [0.3, 0.4) is 0 Å². The van der Waals surface area contributed by atoms with Gasteiger partial charge in [-0.1, -0.05) is 39.0 Å². The molecule has 0 aliphatic heterocycles. The van der Waals surface area contributed by atoms with Crippen molar-refractivity contribution in [1.29, 1.82) is 0 Å². The third kappa shape index (κ3) is 6.05. The van der Waals surface area contributed by atoms with Crippen LogP contribution in [-0.4, -0.2) is 16.6 Å². The largest absolute Gasteiger partial charge is 0.477 e. The second-order valence-electron chi connectivity index (χ2n) is 3.66. The van der Waals surface area contributed by atoms with Crippen LogP contribution in [0.5, 0.6) is 5.88 Å². The Balaban J connectivity index is 1.93. The van der Waals surface area contributed by atoms with Crippen LogP contribution in [0, 0.1) is 0 Å². The van der Waals surface area contributed by atoms with Crippen LogP contribution in [0.2, 0.25) is 0 Å². The molecule has 1 aromatic heterocycles. The lowest BCUT2D eigenvalue weighted by atomic mass is 10.1. The summed E-state index contributed by atoms with van der Waals surface area (Å²) in [6.45, 7) is 2.99. The zero-order valence-electron chi connectivity index (χ0n) is 9.48. The lowest BCUT2D eigenvalue weighted by molar-refractivity contribution is 0.292. The smallest absolute Gasteiger partial charge is 0.232 e. The van der Waals surface area contributed by atoms with Gasteiger partial charge in [-0.15, -0.1) is 0 Å². The first-order chi connectivity index (χ1) is 7.43. The minimum Gasteiger partial charge on any atom is -0.477 e. The molecule has 0 fully saturated rings. The number of hydrogen-bond acceptors (Lipinski definition) is 3. The van der Waals surface area contributed by atoms with Gasteiger partial charge in [-0.2, -0.15) is 0 Å². The van der Waals surface area contributed by atoms with Crippen molar-refractivity contribution in [1.82, 2.24) is 9.97 Å². The fourth-order valence-corrected chi connectivity index (χ4v) is 1.42. The molecule has 0 saturated heterocycles. The molecule has 0 saturated carbocycles. The lowest BCUT2D eigenvalue weighted by Crippen LogP contribution is -1.99. The van der Waals surface area contributed by atoms with Crippen molar-refractivity contribution in [2.24, 2.45) is 0 Å². The minimum absolute atomic E-state index is 0.631. The molecule has 15 heavy (non-hydrogen) atoms. The molecule has 3 nitrogen and oxygen atoms in total. The molecule has 0 N–H and O–H groups in total. The molecule has 0 unspecified atom stereocenters. The summed E-state index contributed by atoms with van der Waals surface area (Å²) in [5.74, 6) is 0.631. The van der Waals surface area contributed by atoms with Gasteiger partial charge >= 0.3 is 0 Å². The second-order valence-corrected chi connectivity index (χ2v) is 3.66. The van der Waals surface area contributed by atoms with Crippen LogP contribution in [0.1, 0.15) is 45.4 Å². The van der Waals surface area contributed by atoms with E-state index in [1.54, 1.807) is 18.6 Å². The van der Waals surface area contributed by atoms with Crippen LogP contribution in [0.4, 0.5) is 0 Å². The molecule has 0 radical (unpaired) electrons. The molecule has 0 aromatic carbocycles. The van der Waals surface area contributed by atoms with Crippen LogP contribution in [0.15, 0.2) is 18.6 Å². The van der Waals surface area contributed by atoms with Gasteiger partial charge in [0, 0.05) is 12.4 Å². The summed E-state index contributed by atoms with van der Waals surface area (Å²) in [5.41, 5.74) is 0. The summed E-state index contributed by atoms with van der Waals surface area (Å²) in [6.07, 6.45) is 12.6. The Hall–Kier alpha value is -1.12. The first-order valence-electron chi connectivity index (χ1n) is 5.82. The monoisotopic (exact) mass is 208 g/mol. The van der Waals surface area contributed by atoms with Crippen molar-refractivity contribution in [3.63, 3.8) is 0 Å². The molecule has 3 heteroatoms. The SMILES string of the molecule is CCCCCCCCOc1cnccn1. The van der Waals surface area contributed by atoms with Crippen LogP contribution < -0.4 is 4.74 Å². The van der Waals surface area contributed by atoms with E-state index in [2.05, 4.69) is 16.9 Å². The maximum absolute atomic E-state index is 5.44. The molecule has 0 atom stereocenters. The second kappa shape index (κ2) is 8.21. The summed E-state index contributed by atoms with van der Waals surface area (Å²) in [4.78, 5) is 7.98. The van der Waals surface area contributed by atoms with E-state index < -0.39 is 0 Å². The Bertz CT molecular complexity index is 239. The minimum atomic E-state index is 0.631. The highest BCUT2D eigenvalue weighted by Crippen LogP contribution is 2.06. The van der Waals surface area contributed by atoms with E-state index in [0.29, 0.717) is 5.88 Å². The summed E-state index contributed by atoms with van der Waals surface area (Å²) in [6, 6.07) is 0. The zero-order chi connectivity index (χ0) is 10.8. The first-order valence-corrected chi connectivity index (χ1v) is 5.82. The predicted octanol–water partition coefficient (Wildman–Crippen LogP) is 3.22. The van der Waals surface area contributed by atoms with Gasteiger partial charge in [0.05, 0.1) is 12.8 Å². The molecule has 0 aliphatic rings. The fourth-order valence-electron chi connectivity index (χ4n) is 1.42. The highest BCUT2D eigenvalue weighted by molar-refractivity contribution is 5.00. The molecule has 0 spiro atoms. The van der Waals surface area contributed by atoms with Gasteiger partial charge < -0.3 is 4.74 Å².